The van der Waals surface area contributed by atoms with Gasteiger partial charge in [0.05, 0.1) is 18.7 Å². The van der Waals surface area contributed by atoms with E-state index in [-0.39, 0.29) is 30.6 Å². The highest BCUT2D eigenvalue weighted by atomic mass is 32.1. The number of rotatable bonds is 6. The van der Waals surface area contributed by atoms with Crippen molar-refractivity contribution in [1.82, 2.24) is 9.88 Å². The first kappa shape index (κ1) is 23.1. The van der Waals surface area contributed by atoms with Crippen molar-refractivity contribution in [2.45, 2.75) is 57.8 Å². The van der Waals surface area contributed by atoms with Crippen LogP contribution in [0.25, 0.3) is 0 Å². The molecule has 0 bridgehead atoms. The summed E-state index contributed by atoms with van der Waals surface area (Å²) in [6, 6.07) is 4.03. The number of hydrogen-bond donors (Lipinski definition) is 1. The molecule has 0 atom stereocenters. The average molecular weight is 456 g/mol. The van der Waals surface area contributed by atoms with Gasteiger partial charge in [-0.05, 0) is 38.0 Å². The van der Waals surface area contributed by atoms with Crippen LogP contribution in [0.3, 0.4) is 0 Å². The first-order valence-corrected chi connectivity index (χ1v) is 11.0. The number of ether oxygens (including phenoxy) is 1. The van der Waals surface area contributed by atoms with Crippen molar-refractivity contribution in [3.63, 3.8) is 0 Å². The molecule has 2 amide bonds. The molecule has 1 N–H and O–H groups in total. The van der Waals surface area contributed by atoms with Crippen LogP contribution in [0.4, 0.5) is 23.7 Å². The van der Waals surface area contributed by atoms with E-state index in [1.807, 2.05) is 0 Å². The normalized spacial score (nSPS) is 14.8. The van der Waals surface area contributed by atoms with Crippen molar-refractivity contribution < 1.29 is 27.5 Å². The topological polar surface area (TPSA) is 71.5 Å². The quantitative estimate of drug-likeness (QED) is 0.567. The number of alkyl halides is 3. The summed E-state index contributed by atoms with van der Waals surface area (Å²) in [5, 5.41) is 4.74. The van der Waals surface area contributed by atoms with Crippen LogP contribution in [0.1, 0.15) is 60.1 Å². The fourth-order valence-corrected chi connectivity index (χ4v) is 4.32. The van der Waals surface area contributed by atoms with Crippen LogP contribution in [0.2, 0.25) is 0 Å². The summed E-state index contributed by atoms with van der Waals surface area (Å²) in [5.74, 6) is -0.525. The summed E-state index contributed by atoms with van der Waals surface area (Å²) in [6.45, 7) is 2.10. The van der Waals surface area contributed by atoms with Crippen molar-refractivity contribution >= 4 is 29.0 Å². The van der Waals surface area contributed by atoms with E-state index in [0.29, 0.717) is 5.01 Å². The first-order chi connectivity index (χ1) is 14.8. The van der Waals surface area contributed by atoms with Crippen LogP contribution in [0.5, 0.6) is 0 Å². The molecule has 31 heavy (non-hydrogen) atoms. The number of anilines is 1. The molecule has 0 spiro atoms. The monoisotopic (exact) mass is 455 g/mol. The number of amides is 2. The van der Waals surface area contributed by atoms with Crippen LogP contribution in [-0.4, -0.2) is 34.5 Å². The molecule has 1 aliphatic carbocycles. The lowest BCUT2D eigenvalue weighted by Crippen LogP contribution is -2.43. The molecule has 1 aromatic heterocycles. The lowest BCUT2D eigenvalue weighted by molar-refractivity contribution is -0.137. The predicted molar refractivity (Wildman–Crippen MR) is 111 cm³/mol. The molecule has 1 fully saturated rings. The SMILES string of the molecule is CCOC(=O)c1csc(CN(C(=O)Nc2cccc(C(F)(F)F)c2)C2CCCCC2)n1. The van der Waals surface area contributed by atoms with Gasteiger partial charge in [0.2, 0.25) is 0 Å². The predicted octanol–water partition coefficient (Wildman–Crippen LogP) is 5.71. The molecular formula is C21H24F3N3O3S. The van der Waals surface area contributed by atoms with Gasteiger partial charge >= 0.3 is 18.2 Å². The highest BCUT2D eigenvalue weighted by Crippen LogP contribution is 2.31. The third-order valence-electron chi connectivity index (χ3n) is 5.06. The van der Waals surface area contributed by atoms with Crippen molar-refractivity contribution in [2.24, 2.45) is 0 Å². The van der Waals surface area contributed by atoms with Crippen LogP contribution in [0, 0.1) is 0 Å². The number of hydrogen-bond acceptors (Lipinski definition) is 5. The van der Waals surface area contributed by atoms with E-state index in [2.05, 4.69) is 10.3 Å². The van der Waals surface area contributed by atoms with E-state index in [1.54, 1.807) is 17.2 Å². The second-order valence-electron chi connectivity index (χ2n) is 7.28. The van der Waals surface area contributed by atoms with Crippen LogP contribution >= 0.6 is 11.3 Å². The Kier molecular flexibility index (Phi) is 7.53. The molecule has 0 radical (unpaired) electrons. The summed E-state index contributed by atoms with van der Waals surface area (Å²) < 4.78 is 43.9. The molecule has 1 aromatic carbocycles. The summed E-state index contributed by atoms with van der Waals surface area (Å²) >= 11 is 1.24. The summed E-state index contributed by atoms with van der Waals surface area (Å²) in [7, 11) is 0. The molecule has 0 aliphatic heterocycles. The maximum Gasteiger partial charge on any atom is 0.416 e. The molecule has 0 unspecified atom stereocenters. The summed E-state index contributed by atoms with van der Waals surface area (Å²) in [4.78, 5) is 30.8. The molecule has 1 aliphatic rings. The standard InChI is InChI=1S/C21H24F3N3O3S/c1-2-30-19(28)17-13-31-18(26-17)12-27(16-9-4-3-5-10-16)20(29)25-15-8-6-7-14(11-15)21(22,23)24/h6-8,11,13,16H,2-5,9-10,12H2,1H3,(H,25,29). The van der Waals surface area contributed by atoms with Crippen LogP contribution in [0.15, 0.2) is 29.6 Å². The maximum atomic E-state index is 13.0. The molecule has 1 heterocycles. The Labute approximate surface area is 182 Å². The number of nitrogens with zero attached hydrogens (tertiary/aromatic N) is 2. The fraction of sp³-hybridized carbons (Fsp3) is 0.476. The van der Waals surface area contributed by atoms with Gasteiger partial charge in [0.15, 0.2) is 5.69 Å². The van der Waals surface area contributed by atoms with Gasteiger partial charge in [0, 0.05) is 17.1 Å². The molecule has 1 saturated carbocycles. The highest BCUT2D eigenvalue weighted by molar-refractivity contribution is 7.09. The summed E-state index contributed by atoms with van der Waals surface area (Å²) in [6.07, 6.45) is 0.171. The number of urea groups is 1. The molecule has 6 nitrogen and oxygen atoms in total. The van der Waals surface area contributed by atoms with Gasteiger partial charge in [0.25, 0.3) is 0 Å². The minimum absolute atomic E-state index is 0.0468. The van der Waals surface area contributed by atoms with Crippen molar-refractivity contribution in [1.29, 1.82) is 0 Å². The van der Waals surface area contributed by atoms with Gasteiger partial charge in [-0.2, -0.15) is 13.2 Å². The van der Waals surface area contributed by atoms with Crippen molar-refractivity contribution in [3.05, 3.63) is 45.9 Å². The zero-order chi connectivity index (χ0) is 22.4. The smallest absolute Gasteiger partial charge is 0.416 e. The second kappa shape index (κ2) is 10.1. The Morgan fingerprint density at radius 1 is 1.26 bits per heavy atom. The Morgan fingerprint density at radius 2 is 2.00 bits per heavy atom. The number of carbonyl (C=O) groups excluding carboxylic acids is 2. The van der Waals surface area contributed by atoms with Gasteiger partial charge in [-0.3, -0.25) is 0 Å². The molecule has 168 valence electrons. The molecular weight excluding hydrogens is 431 g/mol. The van der Waals surface area contributed by atoms with Crippen molar-refractivity contribution in [3.8, 4) is 0 Å². The Balaban J connectivity index is 1.77. The van der Waals surface area contributed by atoms with Gasteiger partial charge in [-0.25, -0.2) is 14.6 Å². The third kappa shape index (κ3) is 6.19. The van der Waals surface area contributed by atoms with Crippen LogP contribution < -0.4 is 5.32 Å². The molecule has 3 rings (SSSR count). The zero-order valence-corrected chi connectivity index (χ0v) is 17.9. The van der Waals surface area contributed by atoms with E-state index >= 15 is 0 Å². The number of halogens is 3. The number of aromatic nitrogens is 1. The van der Waals surface area contributed by atoms with E-state index in [0.717, 1.165) is 44.2 Å². The number of thiazole rings is 1. The number of nitrogens with one attached hydrogen (secondary N) is 1. The fourth-order valence-electron chi connectivity index (χ4n) is 3.56. The van der Waals surface area contributed by atoms with Crippen molar-refractivity contribution in [2.75, 3.05) is 11.9 Å². The van der Waals surface area contributed by atoms with Gasteiger partial charge < -0.3 is 15.0 Å². The lowest BCUT2D eigenvalue weighted by Gasteiger charge is -2.34. The van der Waals surface area contributed by atoms with E-state index in [9.17, 15) is 22.8 Å². The largest absolute Gasteiger partial charge is 0.461 e. The number of carbonyl (C=O) groups is 2. The lowest BCUT2D eigenvalue weighted by atomic mass is 9.94. The summed E-state index contributed by atoms with van der Waals surface area (Å²) in [5.41, 5.74) is -0.566. The number of esters is 1. The molecule has 2 aromatic rings. The van der Waals surface area contributed by atoms with Gasteiger partial charge in [-0.1, -0.05) is 25.3 Å². The minimum Gasteiger partial charge on any atom is -0.461 e. The minimum atomic E-state index is -4.49. The number of benzene rings is 1. The molecule has 10 heteroatoms. The van der Waals surface area contributed by atoms with Gasteiger partial charge in [0.1, 0.15) is 5.01 Å². The Morgan fingerprint density at radius 3 is 2.68 bits per heavy atom. The maximum absolute atomic E-state index is 13.0. The van der Waals surface area contributed by atoms with Crippen LogP contribution in [-0.2, 0) is 17.5 Å². The zero-order valence-electron chi connectivity index (χ0n) is 17.1. The highest BCUT2D eigenvalue weighted by Gasteiger charge is 2.31. The molecule has 0 saturated heterocycles. The van der Waals surface area contributed by atoms with Gasteiger partial charge in [-0.15, -0.1) is 11.3 Å². The van der Waals surface area contributed by atoms with E-state index < -0.39 is 23.7 Å². The second-order valence-corrected chi connectivity index (χ2v) is 8.22. The average Bonchev–Trinajstić information content (AvgIpc) is 3.21. The van der Waals surface area contributed by atoms with E-state index in [1.165, 1.54) is 23.5 Å². The van der Waals surface area contributed by atoms with E-state index in [4.69, 9.17) is 4.74 Å². The first-order valence-electron chi connectivity index (χ1n) is 10.1. The Bertz CT molecular complexity index is 911. The third-order valence-corrected chi connectivity index (χ3v) is 5.89. The Hall–Kier alpha value is -2.62.